The first-order chi connectivity index (χ1) is 8.76. The van der Waals surface area contributed by atoms with Gasteiger partial charge in [0.15, 0.2) is 0 Å². The number of ether oxygens (including phenoxy) is 1. The van der Waals surface area contributed by atoms with Gasteiger partial charge in [0.25, 0.3) is 0 Å². The molecule has 0 bridgehead atoms. The van der Waals surface area contributed by atoms with E-state index >= 15 is 0 Å². The van der Waals surface area contributed by atoms with Crippen LogP contribution in [0.2, 0.25) is 0 Å². The molecule has 1 rings (SSSR count). The average Bonchev–Trinajstić information content (AvgIpc) is 2.23. The third-order valence-corrected chi connectivity index (χ3v) is 1.89. The van der Waals surface area contributed by atoms with Gasteiger partial charge in [-0.15, -0.1) is 0 Å². The van der Waals surface area contributed by atoms with Crippen LogP contribution in [0.15, 0.2) is 12.3 Å². The van der Waals surface area contributed by atoms with Crippen LogP contribution in [0.1, 0.15) is 32.3 Å². The molecule has 0 saturated carbocycles. The third-order valence-electron chi connectivity index (χ3n) is 1.89. The summed E-state index contributed by atoms with van der Waals surface area (Å²) >= 11 is 0. The number of hydrogen-bond acceptors (Lipinski definition) is 5. The van der Waals surface area contributed by atoms with E-state index in [-0.39, 0.29) is 18.8 Å². The Balaban J connectivity index is 2.53. The third kappa shape index (κ3) is 6.35. The minimum atomic E-state index is -1.00. The summed E-state index contributed by atoms with van der Waals surface area (Å²) in [7, 11) is 0. The molecule has 1 heterocycles. The Morgan fingerprint density at radius 3 is 2.68 bits per heavy atom. The van der Waals surface area contributed by atoms with Crippen molar-refractivity contribution < 1.29 is 19.4 Å². The van der Waals surface area contributed by atoms with Crippen LogP contribution in [0.4, 0.5) is 4.79 Å². The van der Waals surface area contributed by atoms with Gasteiger partial charge in [-0.1, -0.05) is 0 Å². The number of nitrogens with one attached hydrogen (secondary N) is 1. The van der Waals surface area contributed by atoms with Crippen molar-refractivity contribution in [3.8, 4) is 0 Å². The maximum absolute atomic E-state index is 11.4. The monoisotopic (exact) mass is 267 g/mol. The van der Waals surface area contributed by atoms with Crippen molar-refractivity contribution in [2.75, 3.05) is 0 Å². The van der Waals surface area contributed by atoms with E-state index in [9.17, 15) is 9.59 Å². The zero-order valence-electron chi connectivity index (χ0n) is 11.1. The molecule has 104 valence electrons. The van der Waals surface area contributed by atoms with Crippen molar-refractivity contribution in [1.82, 2.24) is 15.3 Å². The van der Waals surface area contributed by atoms with Gasteiger partial charge in [0.2, 0.25) is 0 Å². The van der Waals surface area contributed by atoms with Crippen LogP contribution in [0.25, 0.3) is 0 Å². The van der Waals surface area contributed by atoms with Crippen molar-refractivity contribution in [2.45, 2.75) is 39.3 Å². The van der Waals surface area contributed by atoms with Gasteiger partial charge in [-0.3, -0.25) is 4.79 Å². The topological polar surface area (TPSA) is 101 Å². The second-order valence-corrected chi connectivity index (χ2v) is 4.89. The lowest BCUT2D eigenvalue weighted by atomic mass is 10.2. The van der Waals surface area contributed by atoms with E-state index in [1.54, 1.807) is 26.8 Å². The van der Waals surface area contributed by atoms with E-state index in [0.717, 1.165) is 0 Å². The van der Waals surface area contributed by atoms with Gasteiger partial charge in [0.1, 0.15) is 17.8 Å². The molecule has 1 aromatic rings. The van der Waals surface area contributed by atoms with Crippen molar-refractivity contribution in [3.05, 3.63) is 23.8 Å². The van der Waals surface area contributed by atoms with Gasteiger partial charge in [0, 0.05) is 6.20 Å². The Hall–Kier alpha value is -2.18. The van der Waals surface area contributed by atoms with Crippen molar-refractivity contribution in [3.63, 3.8) is 0 Å². The first-order valence-corrected chi connectivity index (χ1v) is 5.76. The van der Waals surface area contributed by atoms with E-state index in [0.29, 0.717) is 5.69 Å². The van der Waals surface area contributed by atoms with Gasteiger partial charge in [-0.25, -0.2) is 14.8 Å². The molecule has 0 saturated heterocycles. The zero-order valence-corrected chi connectivity index (χ0v) is 11.1. The second-order valence-electron chi connectivity index (χ2n) is 4.89. The fourth-order valence-corrected chi connectivity index (χ4v) is 1.24. The molecule has 7 heteroatoms. The number of aliphatic carboxylic acids is 1. The predicted molar refractivity (Wildman–Crippen MR) is 66.4 cm³/mol. The lowest BCUT2D eigenvalue weighted by molar-refractivity contribution is -0.136. The SMILES string of the molecule is CC(C)(C)OC(=O)NCc1ccnc(CC(=O)O)n1. The molecule has 0 fully saturated rings. The molecule has 1 amide bonds. The molecule has 0 aliphatic rings. The highest BCUT2D eigenvalue weighted by Gasteiger charge is 2.15. The van der Waals surface area contributed by atoms with E-state index in [4.69, 9.17) is 9.84 Å². The Bertz CT molecular complexity index is 468. The summed E-state index contributed by atoms with van der Waals surface area (Å²) in [5.41, 5.74) is -0.0402. The normalized spacial score (nSPS) is 10.9. The maximum atomic E-state index is 11.4. The quantitative estimate of drug-likeness (QED) is 0.847. The summed E-state index contributed by atoms with van der Waals surface area (Å²) in [6.07, 6.45) is 0.656. The number of carbonyl (C=O) groups is 2. The number of aromatic nitrogens is 2. The molecular weight excluding hydrogens is 250 g/mol. The number of rotatable bonds is 4. The molecule has 0 spiro atoms. The minimum Gasteiger partial charge on any atom is -0.481 e. The molecular formula is C12H17N3O4. The average molecular weight is 267 g/mol. The summed E-state index contributed by atoms with van der Waals surface area (Å²) in [5, 5.41) is 11.2. The first kappa shape index (κ1) is 14.9. The Kier molecular flexibility index (Phi) is 4.80. The molecule has 0 atom stereocenters. The predicted octanol–water partition coefficient (Wildman–Crippen LogP) is 1.13. The summed E-state index contributed by atoms with van der Waals surface area (Å²) in [5.74, 6) is -0.798. The largest absolute Gasteiger partial charge is 0.481 e. The minimum absolute atomic E-state index is 0.157. The highest BCUT2D eigenvalue weighted by molar-refractivity contribution is 5.69. The number of carbonyl (C=O) groups excluding carboxylic acids is 1. The Morgan fingerprint density at radius 1 is 1.42 bits per heavy atom. The molecule has 0 aliphatic heterocycles. The smallest absolute Gasteiger partial charge is 0.407 e. The summed E-state index contributed by atoms with van der Waals surface area (Å²) in [6.45, 7) is 5.46. The van der Waals surface area contributed by atoms with E-state index in [1.807, 2.05) is 0 Å². The van der Waals surface area contributed by atoms with Crippen LogP contribution in [-0.2, 0) is 22.5 Å². The van der Waals surface area contributed by atoms with Gasteiger partial charge in [-0.05, 0) is 26.8 Å². The van der Waals surface area contributed by atoms with Gasteiger partial charge in [0.05, 0.1) is 12.2 Å². The second kappa shape index (κ2) is 6.12. The lowest BCUT2D eigenvalue weighted by Gasteiger charge is -2.19. The fourth-order valence-electron chi connectivity index (χ4n) is 1.24. The van der Waals surface area contributed by atoms with Crippen LogP contribution in [0.5, 0.6) is 0 Å². The summed E-state index contributed by atoms with van der Waals surface area (Å²) in [4.78, 5) is 29.8. The Labute approximate surface area is 111 Å². The number of carboxylic acid groups (broad SMARTS) is 1. The lowest BCUT2D eigenvalue weighted by Crippen LogP contribution is -2.32. The summed E-state index contributed by atoms with van der Waals surface area (Å²) < 4.78 is 5.07. The number of carboxylic acids is 1. The number of nitrogens with zero attached hydrogens (tertiary/aromatic N) is 2. The molecule has 0 aromatic carbocycles. The molecule has 2 N–H and O–H groups in total. The van der Waals surface area contributed by atoms with Crippen molar-refractivity contribution >= 4 is 12.1 Å². The maximum Gasteiger partial charge on any atom is 0.407 e. The van der Waals surface area contributed by atoms with Crippen LogP contribution in [0, 0.1) is 0 Å². The van der Waals surface area contributed by atoms with E-state index in [2.05, 4.69) is 15.3 Å². The zero-order chi connectivity index (χ0) is 14.5. The van der Waals surface area contributed by atoms with Crippen LogP contribution < -0.4 is 5.32 Å². The molecule has 19 heavy (non-hydrogen) atoms. The summed E-state index contributed by atoms with van der Waals surface area (Å²) in [6, 6.07) is 1.60. The standard InChI is InChI=1S/C12H17N3O4/c1-12(2,3)19-11(18)14-7-8-4-5-13-9(15-8)6-10(16)17/h4-5H,6-7H2,1-3H3,(H,14,18)(H,16,17). The van der Waals surface area contributed by atoms with E-state index in [1.165, 1.54) is 6.20 Å². The molecule has 0 aliphatic carbocycles. The Morgan fingerprint density at radius 2 is 2.11 bits per heavy atom. The number of amides is 1. The van der Waals surface area contributed by atoms with E-state index < -0.39 is 17.7 Å². The molecule has 1 aromatic heterocycles. The van der Waals surface area contributed by atoms with Gasteiger partial charge in [-0.2, -0.15) is 0 Å². The molecule has 0 unspecified atom stereocenters. The van der Waals surface area contributed by atoms with Gasteiger partial charge < -0.3 is 15.2 Å². The van der Waals surface area contributed by atoms with Crippen LogP contribution in [-0.4, -0.2) is 32.7 Å². The number of alkyl carbamates (subject to hydrolysis) is 1. The highest BCUT2D eigenvalue weighted by atomic mass is 16.6. The highest BCUT2D eigenvalue weighted by Crippen LogP contribution is 2.06. The molecule has 7 nitrogen and oxygen atoms in total. The van der Waals surface area contributed by atoms with Crippen LogP contribution >= 0.6 is 0 Å². The van der Waals surface area contributed by atoms with Crippen LogP contribution in [0.3, 0.4) is 0 Å². The first-order valence-electron chi connectivity index (χ1n) is 5.76. The fraction of sp³-hybridized carbons (Fsp3) is 0.500. The van der Waals surface area contributed by atoms with Crippen molar-refractivity contribution in [1.29, 1.82) is 0 Å². The van der Waals surface area contributed by atoms with Crippen molar-refractivity contribution in [2.24, 2.45) is 0 Å². The van der Waals surface area contributed by atoms with Gasteiger partial charge >= 0.3 is 12.1 Å². The number of hydrogen-bond donors (Lipinski definition) is 2. The molecule has 0 radical (unpaired) electrons.